The maximum absolute atomic E-state index is 14.9. The van der Waals surface area contributed by atoms with Crippen LogP contribution in [0.25, 0.3) is 0 Å². The Morgan fingerprint density at radius 3 is 2.13 bits per heavy atom. The number of nitrogen functional groups attached to an aromatic ring is 1. The Balaban J connectivity index is 1.45. The molecule has 1 aliphatic heterocycles. The Morgan fingerprint density at radius 1 is 0.745 bits per heavy atom. The highest BCUT2D eigenvalue weighted by Gasteiger charge is 2.40. The normalized spacial score (nSPS) is 15.8. The maximum Gasteiger partial charge on any atom is 0.309 e. The number of fused-ring (bicyclic) bond motifs is 1. The molecule has 0 spiro atoms. The minimum Gasteiger partial charge on any atom is -0.497 e. The number of ether oxygens (including phenoxy) is 6. The van der Waals surface area contributed by atoms with E-state index < -0.39 is 36.6 Å². The number of anilines is 2. The standard InChI is InChI=1S/C41H36Cl4N2O8/c1-50-25-14-11-22(34(19-25)53-4)21-47-31-16-13-24(43)18-29(31)40(27-8-6-10-33(52-3)38(27)45)54-35(41(47)49)20-36(48)55-39(28-17-23(42)12-15-30(28)46)26-7-5-9-32(51-2)37(26)44/h5-19,35,39-40H,20-21,46H2,1-4H3/t35-,39?,40-/m1/s1. The lowest BCUT2D eigenvalue weighted by Gasteiger charge is -2.27. The molecule has 3 atom stereocenters. The summed E-state index contributed by atoms with van der Waals surface area (Å²) in [6.07, 6.45) is -4.08. The topological polar surface area (TPSA) is 119 Å². The third kappa shape index (κ3) is 8.39. The molecule has 1 heterocycles. The first-order valence-corrected chi connectivity index (χ1v) is 18.3. The average Bonchev–Trinajstić information content (AvgIpc) is 3.28. The molecule has 0 bridgehead atoms. The van der Waals surface area contributed by atoms with E-state index >= 15 is 0 Å². The van der Waals surface area contributed by atoms with Crippen molar-refractivity contribution in [1.29, 1.82) is 0 Å². The number of nitrogens with zero attached hydrogens (tertiary/aromatic N) is 1. The fraction of sp³-hybridized carbons (Fsp3) is 0.220. The molecule has 55 heavy (non-hydrogen) atoms. The Bertz CT molecular complexity index is 2240. The molecule has 0 aromatic heterocycles. The van der Waals surface area contributed by atoms with Crippen molar-refractivity contribution in [2.75, 3.05) is 39.1 Å². The highest BCUT2D eigenvalue weighted by molar-refractivity contribution is 6.33. The summed E-state index contributed by atoms with van der Waals surface area (Å²) in [4.78, 5) is 30.6. The van der Waals surface area contributed by atoms with E-state index in [9.17, 15) is 9.59 Å². The van der Waals surface area contributed by atoms with Gasteiger partial charge in [0.05, 0.1) is 57.1 Å². The van der Waals surface area contributed by atoms with E-state index in [0.29, 0.717) is 72.2 Å². The summed E-state index contributed by atoms with van der Waals surface area (Å²) in [5, 5.41) is 1.19. The molecule has 10 nitrogen and oxygen atoms in total. The van der Waals surface area contributed by atoms with Gasteiger partial charge < -0.3 is 39.1 Å². The molecule has 6 rings (SSSR count). The van der Waals surface area contributed by atoms with Crippen LogP contribution in [0.1, 0.15) is 46.4 Å². The van der Waals surface area contributed by atoms with E-state index in [4.69, 9.17) is 80.6 Å². The Labute approximate surface area is 338 Å². The van der Waals surface area contributed by atoms with Crippen LogP contribution in [-0.4, -0.2) is 46.4 Å². The number of methoxy groups -OCH3 is 4. The van der Waals surface area contributed by atoms with Gasteiger partial charge >= 0.3 is 5.97 Å². The summed E-state index contributed by atoms with van der Waals surface area (Å²) in [6.45, 7) is 0.0230. The smallest absolute Gasteiger partial charge is 0.309 e. The number of halogens is 4. The predicted octanol–water partition coefficient (Wildman–Crippen LogP) is 9.66. The van der Waals surface area contributed by atoms with E-state index in [1.807, 2.05) is 0 Å². The van der Waals surface area contributed by atoms with Crippen LogP contribution >= 0.6 is 46.4 Å². The molecule has 14 heteroatoms. The van der Waals surface area contributed by atoms with Gasteiger partial charge in [0.25, 0.3) is 5.91 Å². The van der Waals surface area contributed by atoms with E-state index in [-0.39, 0.29) is 16.6 Å². The van der Waals surface area contributed by atoms with Crippen LogP contribution in [-0.2, 0) is 25.6 Å². The van der Waals surface area contributed by atoms with E-state index in [1.165, 1.54) is 26.2 Å². The largest absolute Gasteiger partial charge is 0.497 e. The molecule has 0 saturated carbocycles. The SMILES string of the molecule is COc1ccc(CN2C(=O)[C@@H](CC(=O)OC(c3cc(Cl)ccc3N)c3cccc(OC)c3Cl)O[C@H](c3cccc(OC)c3Cl)c3cc(Cl)ccc32)c(OC)c1. The van der Waals surface area contributed by atoms with Crippen molar-refractivity contribution in [3.05, 3.63) is 139 Å². The fourth-order valence-corrected chi connectivity index (χ4v) is 7.40. The second kappa shape index (κ2) is 17.3. The average molecular weight is 827 g/mol. The Morgan fingerprint density at radius 2 is 1.42 bits per heavy atom. The molecule has 2 N–H and O–H groups in total. The summed E-state index contributed by atoms with van der Waals surface area (Å²) < 4.78 is 34.9. The summed E-state index contributed by atoms with van der Waals surface area (Å²) in [6, 6.07) is 25.4. The third-order valence-corrected chi connectivity index (χ3v) is 10.4. The quantitative estimate of drug-likeness (QED) is 0.0969. The molecule has 5 aromatic carbocycles. The van der Waals surface area contributed by atoms with Crippen LogP contribution in [0, 0.1) is 0 Å². The van der Waals surface area contributed by atoms with Crippen molar-refractivity contribution in [3.8, 4) is 23.0 Å². The van der Waals surface area contributed by atoms with Crippen molar-refractivity contribution >= 4 is 69.7 Å². The lowest BCUT2D eigenvalue weighted by molar-refractivity contribution is -0.155. The first-order chi connectivity index (χ1) is 26.5. The van der Waals surface area contributed by atoms with E-state index in [2.05, 4.69) is 0 Å². The molecule has 286 valence electrons. The van der Waals surface area contributed by atoms with Crippen LogP contribution in [0.4, 0.5) is 11.4 Å². The molecule has 5 aromatic rings. The van der Waals surface area contributed by atoms with Gasteiger partial charge in [-0.25, -0.2) is 0 Å². The molecule has 1 unspecified atom stereocenters. The molecule has 0 aliphatic carbocycles. The molecule has 1 aliphatic rings. The van der Waals surface area contributed by atoms with Gasteiger partial charge in [0.1, 0.15) is 35.2 Å². The van der Waals surface area contributed by atoms with Crippen molar-refractivity contribution in [1.82, 2.24) is 0 Å². The number of esters is 1. The number of carbonyl (C=O) groups is 2. The fourth-order valence-electron chi connectivity index (χ4n) is 6.44. The third-order valence-electron chi connectivity index (χ3n) is 9.15. The molecule has 1 amide bonds. The number of benzene rings is 5. The number of rotatable bonds is 12. The molecule has 0 radical (unpaired) electrons. The number of hydrogen-bond donors (Lipinski definition) is 1. The highest BCUT2D eigenvalue weighted by Crippen LogP contribution is 2.45. The molecular formula is C41H36Cl4N2O8. The van der Waals surface area contributed by atoms with Gasteiger partial charge in [-0.2, -0.15) is 0 Å². The summed E-state index contributed by atoms with van der Waals surface area (Å²) in [5.41, 5.74) is 9.58. The second-order valence-electron chi connectivity index (χ2n) is 12.4. The second-order valence-corrected chi connectivity index (χ2v) is 14.0. The molecule has 0 saturated heterocycles. The van der Waals surface area contributed by atoms with E-state index in [1.54, 1.807) is 98.1 Å². The van der Waals surface area contributed by atoms with Gasteiger partial charge in [-0.15, -0.1) is 0 Å². The highest BCUT2D eigenvalue weighted by atomic mass is 35.5. The number of carbonyl (C=O) groups excluding carboxylic acids is 2. The summed E-state index contributed by atoms with van der Waals surface area (Å²) in [5.74, 6) is 0.434. The maximum atomic E-state index is 14.9. The molecule has 0 fully saturated rings. The van der Waals surface area contributed by atoms with Crippen LogP contribution < -0.4 is 29.6 Å². The molecular weight excluding hydrogens is 790 g/mol. The summed E-state index contributed by atoms with van der Waals surface area (Å²) in [7, 11) is 6.04. The zero-order valence-corrected chi connectivity index (χ0v) is 33.1. The van der Waals surface area contributed by atoms with Gasteiger partial charge in [-0.05, 0) is 60.7 Å². The predicted molar refractivity (Wildman–Crippen MR) is 213 cm³/mol. The van der Waals surface area contributed by atoms with Gasteiger partial charge in [-0.3, -0.25) is 9.59 Å². The monoisotopic (exact) mass is 824 g/mol. The lowest BCUT2D eigenvalue weighted by Crippen LogP contribution is -2.40. The Kier molecular flexibility index (Phi) is 12.5. The number of hydrogen-bond acceptors (Lipinski definition) is 9. The number of nitrogens with two attached hydrogens (primary N) is 1. The van der Waals surface area contributed by atoms with Gasteiger partial charge in [0.15, 0.2) is 6.10 Å². The zero-order valence-electron chi connectivity index (χ0n) is 30.1. The lowest BCUT2D eigenvalue weighted by atomic mass is 9.98. The zero-order chi connectivity index (χ0) is 39.4. The van der Waals surface area contributed by atoms with Crippen molar-refractivity contribution in [3.63, 3.8) is 0 Å². The minimum absolute atomic E-state index is 0.0230. The van der Waals surface area contributed by atoms with Crippen molar-refractivity contribution < 1.29 is 38.0 Å². The van der Waals surface area contributed by atoms with Gasteiger partial charge in [-0.1, -0.05) is 70.7 Å². The van der Waals surface area contributed by atoms with Gasteiger partial charge in [0, 0.05) is 49.6 Å². The minimum atomic E-state index is -1.41. The Hall–Kier alpha value is -4.84. The first kappa shape index (κ1) is 39.8. The van der Waals surface area contributed by atoms with E-state index in [0.717, 1.165) is 0 Å². The van der Waals surface area contributed by atoms with Crippen LogP contribution in [0.15, 0.2) is 91.0 Å². The van der Waals surface area contributed by atoms with Crippen molar-refractivity contribution in [2.24, 2.45) is 0 Å². The van der Waals surface area contributed by atoms with Gasteiger partial charge in [0.2, 0.25) is 0 Å². The van der Waals surface area contributed by atoms with Crippen LogP contribution in [0.5, 0.6) is 23.0 Å². The number of amides is 1. The first-order valence-electron chi connectivity index (χ1n) is 16.8. The summed E-state index contributed by atoms with van der Waals surface area (Å²) >= 11 is 26.7. The van der Waals surface area contributed by atoms with Crippen molar-refractivity contribution in [2.45, 2.75) is 31.3 Å². The van der Waals surface area contributed by atoms with Crippen LogP contribution in [0.2, 0.25) is 20.1 Å². The van der Waals surface area contributed by atoms with Crippen LogP contribution in [0.3, 0.4) is 0 Å².